The summed E-state index contributed by atoms with van der Waals surface area (Å²) < 4.78 is 29.9. The average Bonchev–Trinajstić information content (AvgIpc) is 3.54. The van der Waals surface area contributed by atoms with E-state index in [0.29, 0.717) is 67.5 Å². The molecule has 0 heterocycles. The second-order valence-corrected chi connectivity index (χ2v) is 19.9. The predicted molar refractivity (Wildman–Crippen MR) is 315 cm³/mol. The molecule has 0 aliphatic heterocycles. The van der Waals surface area contributed by atoms with E-state index in [9.17, 15) is 39.6 Å². The highest BCUT2D eigenvalue weighted by atomic mass is 16.5. The van der Waals surface area contributed by atoms with Crippen LogP contribution in [0.25, 0.3) is 0 Å². The summed E-state index contributed by atoms with van der Waals surface area (Å²) in [6, 6.07) is 62.6. The van der Waals surface area contributed by atoms with Gasteiger partial charge >= 0.3 is 0 Å². The van der Waals surface area contributed by atoms with Crippen LogP contribution in [0, 0.1) is 0 Å². The largest absolute Gasteiger partial charge is 0.491 e. The maximum Gasteiger partial charge on any atom is 0.193 e. The summed E-state index contributed by atoms with van der Waals surface area (Å²) in [5, 5.41) is 45.1. The second kappa shape index (κ2) is 31.5. The maximum atomic E-state index is 13.0. The van der Waals surface area contributed by atoms with Crippen molar-refractivity contribution < 1.29 is 63.3 Å². The Morgan fingerprint density at radius 1 is 0.289 bits per heavy atom. The number of ketones is 4. The molecule has 4 N–H and O–H groups in total. The Kier molecular flexibility index (Phi) is 23.0. The Morgan fingerprint density at radius 2 is 0.482 bits per heavy atom. The van der Waals surface area contributed by atoms with Crippen molar-refractivity contribution in [1.29, 1.82) is 0 Å². The molecule has 0 saturated carbocycles. The first-order chi connectivity index (χ1) is 40.4. The van der Waals surface area contributed by atoms with E-state index in [2.05, 4.69) is 0 Å². The number of aliphatic hydroxyl groups excluding tert-OH is 4. The van der Waals surface area contributed by atoms with Crippen LogP contribution in [0.4, 0.5) is 0 Å². The average molecular weight is 1120 g/mol. The van der Waals surface area contributed by atoms with E-state index in [1.54, 1.807) is 194 Å². The van der Waals surface area contributed by atoms with Gasteiger partial charge in [0.05, 0.1) is 13.2 Å². The first kappa shape index (κ1) is 60.5. The highest BCUT2D eigenvalue weighted by molar-refractivity contribution is 6.10. The molecular formula is C68H68N2O13. The molecule has 0 fully saturated rings. The lowest BCUT2D eigenvalue weighted by Gasteiger charge is -2.28. The number of ether oxygens (including phenoxy) is 5. The Labute approximate surface area is 483 Å². The van der Waals surface area contributed by atoms with Crippen molar-refractivity contribution in [2.24, 2.45) is 0 Å². The zero-order chi connectivity index (χ0) is 58.2. The molecule has 15 heteroatoms. The van der Waals surface area contributed by atoms with Gasteiger partial charge in [0.25, 0.3) is 0 Å². The SMILES string of the molecule is O=C(c1ccccc1)c1ccc(OCC(O)CN(CCOCCN(CC(O)COc2ccc(C(=O)c3ccccc3)cc2)CC(O)COc2ccc(C(=O)c3ccccc3)cc2)CC(O)COc2ccc(C(=O)c3ccccc3)cc2)cc1. The lowest BCUT2D eigenvalue weighted by molar-refractivity contribution is 0.00426. The number of hydrogen-bond acceptors (Lipinski definition) is 15. The summed E-state index contributed by atoms with van der Waals surface area (Å²) >= 11 is 0. The van der Waals surface area contributed by atoms with Gasteiger partial charge < -0.3 is 44.1 Å². The minimum Gasteiger partial charge on any atom is -0.491 e. The molecule has 8 aromatic carbocycles. The fourth-order valence-corrected chi connectivity index (χ4v) is 9.01. The molecule has 4 atom stereocenters. The molecule has 0 saturated heterocycles. The number of carbonyl (C=O) groups is 4. The molecule has 428 valence electrons. The number of aliphatic hydroxyl groups is 4. The van der Waals surface area contributed by atoms with Crippen molar-refractivity contribution in [3.05, 3.63) is 263 Å². The topological polar surface area (TPSA) is 202 Å². The molecule has 0 aliphatic rings. The van der Waals surface area contributed by atoms with E-state index >= 15 is 0 Å². The van der Waals surface area contributed by atoms with Gasteiger partial charge in [-0.2, -0.15) is 0 Å². The third-order valence-corrected chi connectivity index (χ3v) is 13.4. The standard InChI is InChI=1S/C68H68N2O13/c71-57(45-80-61-29-21-53(22-30-61)65(75)49-13-5-1-6-14-49)41-69(42-58(72)46-81-62-31-23-54(24-32-62)66(76)50-15-7-2-8-16-50)37-39-79-40-38-70(43-59(73)47-82-63-33-25-55(26-34-63)67(77)51-17-9-3-10-18-51)44-60(74)48-83-64-35-27-56(28-36-64)68(78)52-19-11-4-12-20-52/h1-36,57-60,71-74H,37-48H2. The van der Waals surface area contributed by atoms with Gasteiger partial charge in [0.1, 0.15) is 73.8 Å². The van der Waals surface area contributed by atoms with E-state index in [-0.39, 0.29) is 102 Å². The van der Waals surface area contributed by atoms with Crippen LogP contribution in [0.1, 0.15) is 63.7 Å². The molecule has 0 amide bonds. The Balaban J connectivity index is 0.863. The molecule has 8 aromatic rings. The van der Waals surface area contributed by atoms with Gasteiger partial charge in [-0.1, -0.05) is 121 Å². The summed E-state index contributed by atoms with van der Waals surface area (Å²) in [6.45, 7) is 0.896. The molecule has 0 aromatic heterocycles. The van der Waals surface area contributed by atoms with Gasteiger partial charge in [0.15, 0.2) is 23.1 Å². The summed E-state index contributed by atoms with van der Waals surface area (Å²) in [6.07, 6.45) is -4.02. The smallest absolute Gasteiger partial charge is 0.193 e. The molecule has 83 heavy (non-hydrogen) atoms. The van der Waals surface area contributed by atoms with Gasteiger partial charge in [0.2, 0.25) is 0 Å². The quantitative estimate of drug-likeness (QED) is 0.0222. The Bertz CT molecular complexity index is 2810. The van der Waals surface area contributed by atoms with Crippen LogP contribution in [0.2, 0.25) is 0 Å². The van der Waals surface area contributed by atoms with Crippen molar-refractivity contribution in [3.8, 4) is 23.0 Å². The molecule has 4 unspecified atom stereocenters. The number of hydrogen-bond donors (Lipinski definition) is 4. The van der Waals surface area contributed by atoms with Crippen molar-refractivity contribution in [3.63, 3.8) is 0 Å². The highest BCUT2D eigenvalue weighted by Gasteiger charge is 2.21. The monoisotopic (exact) mass is 1120 g/mol. The van der Waals surface area contributed by atoms with E-state index < -0.39 is 24.4 Å². The molecular weight excluding hydrogens is 1050 g/mol. The lowest BCUT2D eigenvalue weighted by Crippen LogP contribution is -2.44. The molecule has 8 rings (SSSR count). The van der Waals surface area contributed by atoms with E-state index in [4.69, 9.17) is 23.7 Å². The van der Waals surface area contributed by atoms with Gasteiger partial charge in [0, 0.05) is 83.8 Å². The molecule has 15 nitrogen and oxygen atoms in total. The Morgan fingerprint density at radius 3 is 0.687 bits per heavy atom. The molecule has 0 spiro atoms. The minimum absolute atomic E-state index is 0.0872. The number of carbonyl (C=O) groups excluding carboxylic acids is 4. The zero-order valence-electron chi connectivity index (χ0n) is 45.9. The van der Waals surface area contributed by atoms with Crippen molar-refractivity contribution in [1.82, 2.24) is 9.80 Å². The maximum absolute atomic E-state index is 13.0. The predicted octanol–water partition coefficient (Wildman–Crippen LogP) is 8.29. The second-order valence-electron chi connectivity index (χ2n) is 19.9. The van der Waals surface area contributed by atoms with Crippen LogP contribution in [0.5, 0.6) is 23.0 Å². The van der Waals surface area contributed by atoms with Crippen LogP contribution in [-0.4, -0.2) is 157 Å². The lowest BCUT2D eigenvalue weighted by atomic mass is 10.0. The summed E-state index contributed by atoms with van der Waals surface area (Å²) in [5.41, 5.74) is 4.25. The summed E-state index contributed by atoms with van der Waals surface area (Å²) in [5.74, 6) is 1.35. The minimum atomic E-state index is -1.00. The summed E-state index contributed by atoms with van der Waals surface area (Å²) in [7, 11) is 0. The number of benzene rings is 8. The van der Waals surface area contributed by atoms with E-state index in [1.807, 2.05) is 34.1 Å². The molecule has 0 radical (unpaired) electrons. The zero-order valence-corrected chi connectivity index (χ0v) is 45.9. The number of nitrogens with zero attached hydrogens (tertiary/aromatic N) is 2. The third-order valence-electron chi connectivity index (χ3n) is 13.4. The highest BCUT2D eigenvalue weighted by Crippen LogP contribution is 2.21. The van der Waals surface area contributed by atoms with Crippen molar-refractivity contribution in [2.45, 2.75) is 24.4 Å². The van der Waals surface area contributed by atoms with Gasteiger partial charge in [-0.25, -0.2) is 0 Å². The molecule has 0 aliphatic carbocycles. The van der Waals surface area contributed by atoms with Crippen molar-refractivity contribution in [2.75, 3.05) is 78.9 Å². The fraction of sp³-hybridized carbons (Fsp3) is 0.235. The van der Waals surface area contributed by atoms with Crippen LogP contribution < -0.4 is 18.9 Å². The first-order valence-corrected chi connectivity index (χ1v) is 27.5. The fourth-order valence-electron chi connectivity index (χ4n) is 9.01. The Hall–Kier alpha value is -8.64. The van der Waals surface area contributed by atoms with Gasteiger partial charge in [-0.05, 0) is 97.1 Å². The normalized spacial score (nSPS) is 12.7. The van der Waals surface area contributed by atoms with Crippen LogP contribution in [-0.2, 0) is 4.74 Å². The van der Waals surface area contributed by atoms with Crippen LogP contribution in [0.3, 0.4) is 0 Å². The van der Waals surface area contributed by atoms with E-state index in [0.717, 1.165) is 0 Å². The van der Waals surface area contributed by atoms with Crippen molar-refractivity contribution >= 4 is 23.1 Å². The number of rotatable bonds is 34. The first-order valence-electron chi connectivity index (χ1n) is 27.5. The van der Waals surface area contributed by atoms with E-state index in [1.165, 1.54) is 0 Å². The van der Waals surface area contributed by atoms with Crippen LogP contribution in [0.15, 0.2) is 218 Å². The third kappa shape index (κ3) is 19.2. The van der Waals surface area contributed by atoms with Crippen LogP contribution >= 0.6 is 0 Å². The van der Waals surface area contributed by atoms with Gasteiger partial charge in [-0.3, -0.25) is 29.0 Å². The molecule has 0 bridgehead atoms. The van der Waals surface area contributed by atoms with Gasteiger partial charge in [-0.15, -0.1) is 0 Å². The summed E-state index contributed by atoms with van der Waals surface area (Å²) in [4.78, 5) is 55.5.